The Hall–Kier alpha value is -0.730. The molecule has 1 saturated heterocycles. The summed E-state index contributed by atoms with van der Waals surface area (Å²) in [4.78, 5) is 10.4. The van der Waals surface area contributed by atoms with Crippen molar-refractivity contribution in [1.29, 1.82) is 0 Å². The number of carbonyl (C=O) groups excluding carboxylic acids is 1. The molecule has 1 aliphatic heterocycles. The van der Waals surface area contributed by atoms with Gasteiger partial charge in [-0.25, -0.2) is 4.79 Å². The second-order valence-electron chi connectivity index (χ2n) is 2.20. The van der Waals surface area contributed by atoms with Gasteiger partial charge in [0.05, 0.1) is 0 Å². The van der Waals surface area contributed by atoms with Crippen molar-refractivity contribution in [2.45, 2.75) is 25.9 Å². The fourth-order valence-corrected chi connectivity index (χ4v) is 0.705. The topological polar surface area (TPSA) is 41.1 Å². The Balaban J connectivity index is 2.51. The van der Waals surface area contributed by atoms with Crippen LogP contribution in [0.4, 0.5) is 4.79 Å². The minimum atomic E-state index is -0.0509. The lowest BCUT2D eigenvalue weighted by atomic mass is 10.2. The molecule has 0 aromatic heterocycles. The number of hydrogen-bond donors (Lipinski definition) is 2. The number of urea groups is 1. The molecule has 2 atom stereocenters. The van der Waals surface area contributed by atoms with E-state index in [0.717, 1.165) is 0 Å². The van der Waals surface area contributed by atoms with E-state index in [4.69, 9.17) is 0 Å². The third-order valence-corrected chi connectivity index (χ3v) is 1.47. The van der Waals surface area contributed by atoms with E-state index >= 15 is 0 Å². The number of carbonyl (C=O) groups is 1. The van der Waals surface area contributed by atoms with Gasteiger partial charge in [-0.15, -0.1) is 0 Å². The predicted molar refractivity (Wildman–Crippen MR) is 30.6 cm³/mol. The normalized spacial score (nSPS) is 36.5. The second-order valence-corrected chi connectivity index (χ2v) is 2.20. The van der Waals surface area contributed by atoms with Gasteiger partial charge in [0, 0.05) is 12.1 Å². The van der Waals surface area contributed by atoms with Crippen LogP contribution in [0, 0.1) is 0 Å². The molecule has 0 spiro atoms. The zero-order valence-corrected chi connectivity index (χ0v) is 5.06. The van der Waals surface area contributed by atoms with Gasteiger partial charge in [0.25, 0.3) is 0 Å². The lowest BCUT2D eigenvalue weighted by Gasteiger charge is -2.04. The summed E-state index contributed by atoms with van der Waals surface area (Å²) < 4.78 is 0. The van der Waals surface area contributed by atoms with Gasteiger partial charge in [0.15, 0.2) is 0 Å². The molecular weight excluding hydrogens is 104 g/mol. The molecule has 0 aliphatic carbocycles. The molecule has 46 valence electrons. The Morgan fingerprint density at radius 3 is 1.75 bits per heavy atom. The van der Waals surface area contributed by atoms with Crippen LogP contribution < -0.4 is 10.6 Å². The van der Waals surface area contributed by atoms with E-state index in [2.05, 4.69) is 10.6 Å². The fourth-order valence-electron chi connectivity index (χ4n) is 0.705. The smallest absolute Gasteiger partial charge is 0.315 e. The van der Waals surface area contributed by atoms with Crippen LogP contribution in [0.3, 0.4) is 0 Å². The van der Waals surface area contributed by atoms with Crippen LogP contribution in [-0.4, -0.2) is 18.1 Å². The Morgan fingerprint density at radius 2 is 1.62 bits per heavy atom. The Bertz CT molecular complexity index is 101. The Kier molecular flexibility index (Phi) is 1.12. The zero-order chi connectivity index (χ0) is 6.15. The first-order valence-corrected chi connectivity index (χ1v) is 2.77. The molecular formula is C5H10N2O. The maximum atomic E-state index is 10.4. The average Bonchev–Trinajstić information content (AvgIpc) is 1.85. The Labute approximate surface area is 48.5 Å². The molecule has 2 unspecified atom stereocenters. The van der Waals surface area contributed by atoms with Gasteiger partial charge in [-0.05, 0) is 13.8 Å². The van der Waals surface area contributed by atoms with Crippen LogP contribution in [0.1, 0.15) is 13.8 Å². The molecule has 0 saturated carbocycles. The van der Waals surface area contributed by atoms with Gasteiger partial charge in [-0.1, -0.05) is 0 Å². The maximum absolute atomic E-state index is 10.4. The predicted octanol–water partition coefficient (Wildman–Crippen LogP) is 0.0762. The molecule has 2 N–H and O–H groups in total. The van der Waals surface area contributed by atoms with Gasteiger partial charge in [0.2, 0.25) is 0 Å². The fraction of sp³-hybridized carbons (Fsp3) is 0.800. The van der Waals surface area contributed by atoms with Crippen LogP contribution in [-0.2, 0) is 0 Å². The molecule has 1 fully saturated rings. The van der Waals surface area contributed by atoms with E-state index < -0.39 is 0 Å². The minimum absolute atomic E-state index is 0.0509. The van der Waals surface area contributed by atoms with Crippen LogP contribution in [0.5, 0.6) is 0 Å². The zero-order valence-electron chi connectivity index (χ0n) is 5.06. The first-order chi connectivity index (χ1) is 3.70. The van der Waals surface area contributed by atoms with Crippen molar-refractivity contribution in [3.05, 3.63) is 0 Å². The van der Waals surface area contributed by atoms with Gasteiger partial charge in [0.1, 0.15) is 0 Å². The summed E-state index contributed by atoms with van der Waals surface area (Å²) in [5.41, 5.74) is 0. The van der Waals surface area contributed by atoms with Crippen molar-refractivity contribution in [2.24, 2.45) is 0 Å². The third-order valence-electron chi connectivity index (χ3n) is 1.47. The van der Waals surface area contributed by atoms with E-state index in [1.54, 1.807) is 0 Å². The SMILES string of the molecule is CC1NC(=O)NC1C. The summed E-state index contributed by atoms with van der Waals surface area (Å²) in [6.45, 7) is 3.95. The van der Waals surface area contributed by atoms with Gasteiger partial charge < -0.3 is 10.6 Å². The van der Waals surface area contributed by atoms with Crippen LogP contribution >= 0.6 is 0 Å². The van der Waals surface area contributed by atoms with Crippen molar-refractivity contribution in [1.82, 2.24) is 10.6 Å². The first kappa shape index (κ1) is 5.41. The molecule has 2 amide bonds. The third kappa shape index (κ3) is 0.757. The van der Waals surface area contributed by atoms with Gasteiger partial charge in [-0.3, -0.25) is 0 Å². The summed E-state index contributed by atoms with van der Waals surface area (Å²) in [6, 6.07) is 0.509. The molecule has 0 bridgehead atoms. The molecule has 0 aromatic rings. The summed E-state index contributed by atoms with van der Waals surface area (Å²) in [5, 5.41) is 5.43. The summed E-state index contributed by atoms with van der Waals surface area (Å²) in [6.07, 6.45) is 0. The monoisotopic (exact) mass is 114 g/mol. The van der Waals surface area contributed by atoms with E-state index in [1.807, 2.05) is 13.8 Å². The quantitative estimate of drug-likeness (QED) is 0.460. The number of amides is 2. The molecule has 0 aromatic carbocycles. The Morgan fingerprint density at radius 1 is 1.25 bits per heavy atom. The number of rotatable bonds is 0. The molecule has 3 nitrogen and oxygen atoms in total. The van der Waals surface area contributed by atoms with Crippen LogP contribution in [0.15, 0.2) is 0 Å². The molecule has 8 heavy (non-hydrogen) atoms. The average molecular weight is 114 g/mol. The number of nitrogens with one attached hydrogen (secondary N) is 2. The molecule has 1 aliphatic rings. The molecule has 1 heterocycles. The van der Waals surface area contributed by atoms with E-state index in [9.17, 15) is 4.79 Å². The van der Waals surface area contributed by atoms with Crippen LogP contribution in [0.25, 0.3) is 0 Å². The standard InChI is InChI=1S/C5H10N2O/c1-3-4(2)7-5(8)6-3/h3-4H,1-2H3,(H2,6,7,8). The van der Waals surface area contributed by atoms with Crippen molar-refractivity contribution in [3.63, 3.8) is 0 Å². The van der Waals surface area contributed by atoms with Gasteiger partial charge in [-0.2, -0.15) is 0 Å². The lowest BCUT2D eigenvalue weighted by molar-refractivity contribution is 0.247. The van der Waals surface area contributed by atoms with Crippen molar-refractivity contribution < 1.29 is 4.79 Å². The lowest BCUT2D eigenvalue weighted by Crippen LogP contribution is -2.26. The van der Waals surface area contributed by atoms with Crippen molar-refractivity contribution in [2.75, 3.05) is 0 Å². The molecule has 1 rings (SSSR count). The van der Waals surface area contributed by atoms with E-state index in [-0.39, 0.29) is 18.1 Å². The highest BCUT2D eigenvalue weighted by atomic mass is 16.2. The number of hydrogen-bond acceptors (Lipinski definition) is 1. The van der Waals surface area contributed by atoms with Gasteiger partial charge >= 0.3 is 6.03 Å². The molecule has 0 radical (unpaired) electrons. The summed E-state index contributed by atoms with van der Waals surface area (Å²) in [7, 11) is 0. The minimum Gasteiger partial charge on any atom is -0.334 e. The summed E-state index contributed by atoms with van der Waals surface area (Å²) >= 11 is 0. The maximum Gasteiger partial charge on any atom is 0.315 e. The second kappa shape index (κ2) is 1.65. The highest BCUT2D eigenvalue weighted by Crippen LogP contribution is 1.97. The van der Waals surface area contributed by atoms with Crippen LogP contribution in [0.2, 0.25) is 0 Å². The van der Waals surface area contributed by atoms with E-state index in [1.165, 1.54) is 0 Å². The highest BCUT2D eigenvalue weighted by molar-refractivity contribution is 5.77. The molecule has 3 heteroatoms. The van der Waals surface area contributed by atoms with E-state index in [0.29, 0.717) is 0 Å². The van der Waals surface area contributed by atoms with Crippen molar-refractivity contribution >= 4 is 6.03 Å². The van der Waals surface area contributed by atoms with Crippen molar-refractivity contribution in [3.8, 4) is 0 Å². The first-order valence-electron chi connectivity index (χ1n) is 2.77. The highest BCUT2D eigenvalue weighted by Gasteiger charge is 2.22. The summed E-state index contributed by atoms with van der Waals surface area (Å²) in [5.74, 6) is 0. The largest absolute Gasteiger partial charge is 0.334 e.